The molecule has 0 saturated heterocycles. The van der Waals surface area contributed by atoms with E-state index >= 15 is 0 Å². The van der Waals surface area contributed by atoms with Crippen molar-refractivity contribution < 1.29 is 14.7 Å². The van der Waals surface area contributed by atoms with Gasteiger partial charge in [-0.05, 0) is 30.7 Å². The summed E-state index contributed by atoms with van der Waals surface area (Å²) in [5, 5.41) is 18.1. The van der Waals surface area contributed by atoms with Crippen LogP contribution in [0.3, 0.4) is 0 Å². The van der Waals surface area contributed by atoms with Gasteiger partial charge in [-0.15, -0.1) is 0 Å². The van der Waals surface area contributed by atoms with Gasteiger partial charge in [0.2, 0.25) is 5.91 Å². The van der Waals surface area contributed by atoms with Gasteiger partial charge in [0.15, 0.2) is 0 Å². The average Bonchev–Trinajstić information content (AvgIpc) is 2.84. The molecule has 0 atom stereocenters. The molecule has 0 spiro atoms. The number of aryl methyl sites for hydroxylation is 1. The molecule has 1 amide bonds. The monoisotopic (exact) mass is 259 g/mol. The number of anilines is 1. The van der Waals surface area contributed by atoms with Crippen molar-refractivity contribution in [2.24, 2.45) is 0 Å². The van der Waals surface area contributed by atoms with Crippen molar-refractivity contribution in [3.05, 3.63) is 47.3 Å². The smallest absolute Gasteiger partial charge is 0.335 e. The maximum atomic E-state index is 11.8. The second-order valence-electron chi connectivity index (χ2n) is 4.14. The molecule has 3 N–H and O–H groups in total. The summed E-state index contributed by atoms with van der Waals surface area (Å²) in [5.41, 5.74) is 2.15. The van der Waals surface area contributed by atoms with E-state index in [0.717, 1.165) is 5.56 Å². The molecular formula is C13H13N3O3. The van der Waals surface area contributed by atoms with Crippen LogP contribution in [0.5, 0.6) is 0 Å². The third-order valence-corrected chi connectivity index (χ3v) is 2.67. The number of carbonyl (C=O) groups excluding carboxylic acids is 1. The first-order valence-corrected chi connectivity index (χ1v) is 5.68. The highest BCUT2D eigenvalue weighted by molar-refractivity contribution is 5.95. The highest BCUT2D eigenvalue weighted by Crippen LogP contribution is 2.17. The molecule has 6 heteroatoms. The van der Waals surface area contributed by atoms with Gasteiger partial charge in [0.05, 0.1) is 12.0 Å². The Balaban J connectivity index is 2.11. The molecule has 0 aliphatic heterocycles. The minimum Gasteiger partial charge on any atom is -0.478 e. The molecule has 98 valence electrons. The van der Waals surface area contributed by atoms with E-state index in [2.05, 4.69) is 15.5 Å². The van der Waals surface area contributed by atoms with Crippen molar-refractivity contribution >= 4 is 17.6 Å². The largest absolute Gasteiger partial charge is 0.478 e. The molecule has 0 radical (unpaired) electrons. The van der Waals surface area contributed by atoms with Gasteiger partial charge in [0.1, 0.15) is 0 Å². The van der Waals surface area contributed by atoms with E-state index in [1.807, 2.05) is 0 Å². The summed E-state index contributed by atoms with van der Waals surface area (Å²) in [4.78, 5) is 22.7. The zero-order chi connectivity index (χ0) is 13.8. The van der Waals surface area contributed by atoms with Crippen LogP contribution in [0.4, 0.5) is 5.69 Å². The Hall–Kier alpha value is -2.63. The Kier molecular flexibility index (Phi) is 3.61. The molecule has 0 aliphatic carbocycles. The first kappa shape index (κ1) is 12.8. The van der Waals surface area contributed by atoms with E-state index in [1.165, 1.54) is 12.1 Å². The molecule has 1 aromatic carbocycles. The van der Waals surface area contributed by atoms with Gasteiger partial charge >= 0.3 is 5.97 Å². The molecule has 0 bridgehead atoms. The molecule has 2 aromatic rings. The molecular weight excluding hydrogens is 246 g/mol. The number of hydrogen-bond acceptors (Lipinski definition) is 3. The van der Waals surface area contributed by atoms with Gasteiger partial charge in [-0.1, -0.05) is 6.07 Å². The predicted molar refractivity (Wildman–Crippen MR) is 69.1 cm³/mol. The first-order valence-electron chi connectivity index (χ1n) is 5.68. The lowest BCUT2D eigenvalue weighted by Gasteiger charge is -2.08. The minimum absolute atomic E-state index is 0.141. The fraction of sp³-hybridized carbons (Fsp3) is 0.154. The number of aromatic carboxylic acids is 1. The summed E-state index contributed by atoms with van der Waals surface area (Å²) in [6.45, 7) is 1.80. The van der Waals surface area contributed by atoms with Gasteiger partial charge in [-0.3, -0.25) is 9.89 Å². The average molecular weight is 259 g/mol. The normalized spacial score (nSPS) is 10.2. The number of aromatic amines is 1. The summed E-state index contributed by atoms with van der Waals surface area (Å²) in [5.74, 6) is -1.25. The van der Waals surface area contributed by atoms with Crippen molar-refractivity contribution in [1.82, 2.24) is 10.2 Å². The number of aromatic nitrogens is 2. The lowest BCUT2D eigenvalue weighted by atomic mass is 10.1. The highest BCUT2D eigenvalue weighted by Gasteiger charge is 2.10. The summed E-state index contributed by atoms with van der Waals surface area (Å²) >= 11 is 0. The number of nitrogens with zero attached hydrogens (tertiary/aromatic N) is 1. The summed E-state index contributed by atoms with van der Waals surface area (Å²) in [6, 6.07) is 6.32. The topological polar surface area (TPSA) is 95.1 Å². The van der Waals surface area contributed by atoms with E-state index in [-0.39, 0.29) is 17.9 Å². The van der Waals surface area contributed by atoms with E-state index in [1.54, 1.807) is 25.3 Å². The number of rotatable bonds is 4. The van der Waals surface area contributed by atoms with Crippen molar-refractivity contribution in [3.63, 3.8) is 0 Å². The van der Waals surface area contributed by atoms with E-state index in [4.69, 9.17) is 5.11 Å². The van der Waals surface area contributed by atoms with Crippen LogP contribution >= 0.6 is 0 Å². The molecule has 1 heterocycles. The Labute approximate surface area is 109 Å². The number of hydrogen-bond donors (Lipinski definition) is 3. The number of carboxylic acids is 1. The van der Waals surface area contributed by atoms with E-state index in [0.29, 0.717) is 11.4 Å². The quantitative estimate of drug-likeness (QED) is 0.777. The molecule has 0 saturated carbocycles. The molecule has 19 heavy (non-hydrogen) atoms. The van der Waals surface area contributed by atoms with Gasteiger partial charge in [-0.2, -0.15) is 5.10 Å². The molecule has 1 aromatic heterocycles. The SMILES string of the molecule is Cc1ccc(C(=O)O)cc1NC(=O)Cc1ccn[nH]1. The number of carbonyl (C=O) groups is 2. The number of H-pyrrole nitrogens is 1. The van der Waals surface area contributed by atoms with Crippen molar-refractivity contribution in [1.29, 1.82) is 0 Å². The Bertz CT molecular complexity index is 606. The molecule has 0 fully saturated rings. The Morgan fingerprint density at radius 3 is 2.79 bits per heavy atom. The summed E-state index contributed by atoms with van der Waals surface area (Å²) < 4.78 is 0. The Morgan fingerprint density at radius 1 is 1.37 bits per heavy atom. The van der Waals surface area contributed by atoms with Gasteiger partial charge in [0, 0.05) is 17.6 Å². The van der Waals surface area contributed by atoms with Crippen molar-refractivity contribution in [2.45, 2.75) is 13.3 Å². The lowest BCUT2D eigenvalue weighted by Crippen LogP contribution is -2.16. The number of benzene rings is 1. The minimum atomic E-state index is -1.02. The van der Waals surface area contributed by atoms with E-state index in [9.17, 15) is 9.59 Å². The number of carboxylic acid groups (broad SMARTS) is 1. The number of nitrogens with one attached hydrogen (secondary N) is 2. The van der Waals surface area contributed by atoms with Crippen LogP contribution in [0, 0.1) is 6.92 Å². The Morgan fingerprint density at radius 2 is 2.16 bits per heavy atom. The van der Waals surface area contributed by atoms with Crippen LogP contribution < -0.4 is 5.32 Å². The zero-order valence-electron chi connectivity index (χ0n) is 10.3. The first-order chi connectivity index (χ1) is 9.06. The van der Waals surface area contributed by atoms with Crippen LogP contribution in [0.2, 0.25) is 0 Å². The van der Waals surface area contributed by atoms with E-state index < -0.39 is 5.97 Å². The third kappa shape index (κ3) is 3.19. The second-order valence-corrected chi connectivity index (χ2v) is 4.14. The zero-order valence-corrected chi connectivity index (χ0v) is 10.3. The number of amides is 1. The van der Waals surface area contributed by atoms with Crippen molar-refractivity contribution in [2.75, 3.05) is 5.32 Å². The summed E-state index contributed by atoms with van der Waals surface area (Å²) in [6.07, 6.45) is 1.73. The van der Waals surface area contributed by atoms with Gasteiger partial charge < -0.3 is 10.4 Å². The standard InChI is InChI=1S/C13H13N3O3/c1-8-2-3-9(13(18)19)6-11(8)15-12(17)7-10-4-5-14-16-10/h2-6H,7H2,1H3,(H,14,16)(H,15,17)(H,18,19). The van der Waals surface area contributed by atoms with Gasteiger partial charge in [0.25, 0.3) is 0 Å². The molecule has 0 unspecified atom stereocenters. The van der Waals surface area contributed by atoms with Crippen LogP contribution in [-0.2, 0) is 11.2 Å². The molecule has 2 rings (SSSR count). The van der Waals surface area contributed by atoms with Crippen LogP contribution in [0.15, 0.2) is 30.5 Å². The second kappa shape index (κ2) is 5.34. The van der Waals surface area contributed by atoms with Crippen LogP contribution in [-0.4, -0.2) is 27.2 Å². The molecule has 6 nitrogen and oxygen atoms in total. The van der Waals surface area contributed by atoms with Crippen LogP contribution in [0.1, 0.15) is 21.6 Å². The lowest BCUT2D eigenvalue weighted by molar-refractivity contribution is -0.115. The highest BCUT2D eigenvalue weighted by atomic mass is 16.4. The predicted octanol–water partition coefficient (Wildman–Crippen LogP) is 1.60. The van der Waals surface area contributed by atoms with Crippen LogP contribution in [0.25, 0.3) is 0 Å². The fourth-order valence-corrected chi connectivity index (χ4v) is 1.64. The van der Waals surface area contributed by atoms with Gasteiger partial charge in [-0.25, -0.2) is 4.79 Å². The maximum Gasteiger partial charge on any atom is 0.335 e. The third-order valence-electron chi connectivity index (χ3n) is 2.67. The maximum absolute atomic E-state index is 11.8. The summed E-state index contributed by atoms with van der Waals surface area (Å²) in [7, 11) is 0. The van der Waals surface area contributed by atoms with Crippen molar-refractivity contribution in [3.8, 4) is 0 Å². The molecule has 0 aliphatic rings. The fourth-order valence-electron chi connectivity index (χ4n) is 1.64.